The number of thiocarbonyl (C=S) groups is 1. The maximum absolute atomic E-state index is 12.2. The average Bonchev–Trinajstić information content (AvgIpc) is 2.75. The molecular formula is C16H17NO4S2. The van der Waals surface area contributed by atoms with Crippen LogP contribution in [0, 0.1) is 5.92 Å². The van der Waals surface area contributed by atoms with E-state index in [0.29, 0.717) is 4.91 Å². The van der Waals surface area contributed by atoms with E-state index in [-0.39, 0.29) is 16.1 Å². The zero-order chi connectivity index (χ0) is 17.1. The first-order valence-electron chi connectivity index (χ1n) is 6.99. The van der Waals surface area contributed by atoms with E-state index in [0.717, 1.165) is 23.1 Å². The number of carboxylic acids is 1. The lowest BCUT2D eigenvalue weighted by molar-refractivity contribution is -0.142. The third kappa shape index (κ3) is 3.73. The van der Waals surface area contributed by atoms with Gasteiger partial charge < -0.3 is 9.84 Å². The van der Waals surface area contributed by atoms with Gasteiger partial charge in [-0.15, -0.1) is 0 Å². The highest BCUT2D eigenvalue weighted by Gasteiger charge is 2.41. The SMILES string of the molecule is COc1ccc(C=C2SC(=O)N(C(C(=O)O)C(C)C)C2=S)cc1. The number of hydrogen-bond acceptors (Lipinski definition) is 5. The van der Waals surface area contributed by atoms with Gasteiger partial charge in [0.1, 0.15) is 16.8 Å². The molecule has 0 aromatic heterocycles. The van der Waals surface area contributed by atoms with Crippen LogP contribution in [0.1, 0.15) is 19.4 Å². The van der Waals surface area contributed by atoms with E-state index in [1.807, 2.05) is 24.3 Å². The van der Waals surface area contributed by atoms with Crippen molar-refractivity contribution >= 4 is 46.3 Å². The topological polar surface area (TPSA) is 66.8 Å². The van der Waals surface area contributed by atoms with E-state index < -0.39 is 12.0 Å². The number of carbonyl (C=O) groups is 2. The molecule has 1 aromatic carbocycles. The van der Waals surface area contributed by atoms with Crippen LogP contribution in [-0.2, 0) is 4.79 Å². The maximum Gasteiger partial charge on any atom is 0.327 e. The molecule has 0 spiro atoms. The van der Waals surface area contributed by atoms with Crippen LogP contribution in [0.2, 0.25) is 0 Å². The molecule has 23 heavy (non-hydrogen) atoms. The summed E-state index contributed by atoms with van der Waals surface area (Å²) in [6.07, 6.45) is 1.78. The molecule has 1 fully saturated rings. The minimum atomic E-state index is -1.05. The van der Waals surface area contributed by atoms with Gasteiger partial charge in [-0.05, 0) is 41.5 Å². The Morgan fingerprint density at radius 3 is 2.43 bits per heavy atom. The first kappa shape index (κ1) is 17.5. The van der Waals surface area contributed by atoms with Gasteiger partial charge in [0.2, 0.25) is 0 Å². The highest BCUT2D eigenvalue weighted by molar-refractivity contribution is 8.19. The number of rotatable bonds is 5. The molecular weight excluding hydrogens is 334 g/mol. The first-order valence-corrected chi connectivity index (χ1v) is 8.21. The van der Waals surface area contributed by atoms with E-state index in [2.05, 4.69) is 0 Å². The smallest absolute Gasteiger partial charge is 0.327 e. The molecule has 1 saturated heterocycles. The summed E-state index contributed by atoms with van der Waals surface area (Å²) in [6, 6.07) is 6.36. The Morgan fingerprint density at radius 1 is 1.35 bits per heavy atom. The summed E-state index contributed by atoms with van der Waals surface area (Å²) in [4.78, 5) is 25.7. The van der Waals surface area contributed by atoms with Crippen LogP contribution in [0.5, 0.6) is 5.75 Å². The molecule has 122 valence electrons. The quantitative estimate of drug-likeness (QED) is 0.645. The Bertz CT molecular complexity index is 667. The van der Waals surface area contributed by atoms with Crippen LogP contribution in [0.25, 0.3) is 6.08 Å². The van der Waals surface area contributed by atoms with Gasteiger partial charge in [0.05, 0.1) is 12.0 Å². The zero-order valence-electron chi connectivity index (χ0n) is 13.0. The molecule has 1 unspecified atom stereocenters. The molecule has 1 aromatic rings. The van der Waals surface area contributed by atoms with Gasteiger partial charge in [0.15, 0.2) is 0 Å². The average molecular weight is 351 g/mol. The van der Waals surface area contributed by atoms with Crippen LogP contribution in [0.4, 0.5) is 4.79 Å². The first-order chi connectivity index (χ1) is 10.8. The summed E-state index contributed by atoms with van der Waals surface area (Å²) < 4.78 is 5.10. The van der Waals surface area contributed by atoms with Crippen molar-refractivity contribution in [1.82, 2.24) is 4.90 Å². The fraction of sp³-hybridized carbons (Fsp3) is 0.312. The maximum atomic E-state index is 12.2. The Balaban J connectivity index is 2.29. The Hall–Kier alpha value is -1.86. The molecule has 0 radical (unpaired) electrons. The predicted molar refractivity (Wildman–Crippen MR) is 94.7 cm³/mol. The molecule has 7 heteroatoms. The number of amides is 1. The number of hydrogen-bond donors (Lipinski definition) is 1. The molecule has 1 amide bonds. The van der Waals surface area contributed by atoms with Crippen LogP contribution in [-0.4, -0.2) is 39.4 Å². The molecule has 1 aliphatic rings. The van der Waals surface area contributed by atoms with Crippen LogP contribution in [0.15, 0.2) is 29.2 Å². The number of carboxylic acid groups (broad SMARTS) is 1. The Kier molecular flexibility index (Phi) is 5.43. The van der Waals surface area contributed by atoms with Crippen molar-refractivity contribution in [3.05, 3.63) is 34.7 Å². The van der Waals surface area contributed by atoms with Crippen molar-refractivity contribution in [2.24, 2.45) is 5.92 Å². The number of benzene rings is 1. The number of carbonyl (C=O) groups excluding carboxylic acids is 1. The van der Waals surface area contributed by atoms with Crippen molar-refractivity contribution < 1.29 is 19.4 Å². The third-order valence-electron chi connectivity index (χ3n) is 3.40. The monoisotopic (exact) mass is 351 g/mol. The predicted octanol–water partition coefficient (Wildman–Crippen LogP) is 3.64. The molecule has 5 nitrogen and oxygen atoms in total. The lowest BCUT2D eigenvalue weighted by Crippen LogP contribution is -2.46. The van der Waals surface area contributed by atoms with Gasteiger partial charge in [-0.25, -0.2) is 4.79 Å². The number of thioether (sulfide) groups is 1. The molecule has 0 bridgehead atoms. The highest BCUT2D eigenvalue weighted by Crippen LogP contribution is 2.36. The van der Waals surface area contributed by atoms with Crippen molar-refractivity contribution in [3.8, 4) is 5.75 Å². The number of methoxy groups -OCH3 is 1. The number of nitrogens with zero attached hydrogens (tertiary/aromatic N) is 1. The molecule has 1 atom stereocenters. The molecule has 1 heterocycles. The fourth-order valence-corrected chi connectivity index (χ4v) is 3.58. The summed E-state index contributed by atoms with van der Waals surface area (Å²) in [7, 11) is 1.59. The van der Waals surface area contributed by atoms with E-state index >= 15 is 0 Å². The highest BCUT2D eigenvalue weighted by atomic mass is 32.2. The van der Waals surface area contributed by atoms with Gasteiger partial charge in [0, 0.05) is 0 Å². The number of aliphatic carboxylic acids is 1. The van der Waals surface area contributed by atoms with Crippen LogP contribution >= 0.6 is 24.0 Å². The number of ether oxygens (including phenoxy) is 1. The largest absolute Gasteiger partial charge is 0.497 e. The summed E-state index contributed by atoms with van der Waals surface area (Å²) in [5.74, 6) is -0.561. The Labute approximate surface area is 144 Å². The van der Waals surface area contributed by atoms with Crippen molar-refractivity contribution in [3.63, 3.8) is 0 Å². The van der Waals surface area contributed by atoms with Crippen molar-refractivity contribution in [1.29, 1.82) is 0 Å². The van der Waals surface area contributed by atoms with Crippen molar-refractivity contribution in [2.75, 3.05) is 7.11 Å². The minimum Gasteiger partial charge on any atom is -0.497 e. The van der Waals surface area contributed by atoms with Gasteiger partial charge in [-0.3, -0.25) is 9.69 Å². The van der Waals surface area contributed by atoms with Gasteiger partial charge in [-0.2, -0.15) is 0 Å². The summed E-state index contributed by atoms with van der Waals surface area (Å²) in [5.41, 5.74) is 0.863. The zero-order valence-corrected chi connectivity index (χ0v) is 14.6. The second kappa shape index (κ2) is 7.14. The lowest BCUT2D eigenvalue weighted by atomic mass is 10.0. The second-order valence-corrected chi connectivity index (χ2v) is 6.73. The van der Waals surface area contributed by atoms with Gasteiger partial charge in [0.25, 0.3) is 5.24 Å². The van der Waals surface area contributed by atoms with E-state index in [1.165, 1.54) is 4.90 Å². The molecule has 1 N–H and O–H groups in total. The van der Waals surface area contributed by atoms with E-state index in [9.17, 15) is 14.7 Å². The molecule has 2 rings (SSSR count). The summed E-state index contributed by atoms with van der Waals surface area (Å²) >= 11 is 6.29. The second-order valence-electron chi connectivity index (χ2n) is 5.35. The van der Waals surface area contributed by atoms with E-state index in [1.54, 1.807) is 27.0 Å². The molecule has 0 saturated carbocycles. The molecule has 0 aliphatic carbocycles. The Morgan fingerprint density at radius 2 is 1.96 bits per heavy atom. The summed E-state index contributed by atoms with van der Waals surface area (Å²) in [5, 5.41) is 9.03. The summed E-state index contributed by atoms with van der Waals surface area (Å²) in [6.45, 7) is 3.51. The van der Waals surface area contributed by atoms with E-state index in [4.69, 9.17) is 17.0 Å². The third-order valence-corrected chi connectivity index (χ3v) is 4.85. The van der Waals surface area contributed by atoms with Gasteiger partial charge >= 0.3 is 5.97 Å². The van der Waals surface area contributed by atoms with Crippen LogP contribution < -0.4 is 4.74 Å². The lowest BCUT2D eigenvalue weighted by Gasteiger charge is -2.26. The molecule has 1 aliphatic heterocycles. The fourth-order valence-electron chi connectivity index (χ4n) is 2.26. The van der Waals surface area contributed by atoms with Crippen molar-refractivity contribution in [2.45, 2.75) is 19.9 Å². The van der Waals surface area contributed by atoms with Gasteiger partial charge in [-0.1, -0.05) is 38.2 Å². The standard InChI is InChI=1S/C16H17NO4S2/c1-9(2)13(15(18)19)17-14(22)12(23-16(17)20)8-10-4-6-11(21-3)7-5-10/h4-9,13H,1-3H3,(H,18,19). The normalized spacial score (nSPS) is 17.9. The minimum absolute atomic E-state index is 0.240. The van der Waals surface area contributed by atoms with Crippen LogP contribution in [0.3, 0.4) is 0 Å².